The fraction of sp³-hybridized carbons (Fsp3) is 0.333. The van der Waals surface area contributed by atoms with Crippen LogP contribution in [0, 0.1) is 11.7 Å². The molecule has 0 saturated heterocycles. The van der Waals surface area contributed by atoms with Crippen molar-refractivity contribution in [3.05, 3.63) is 58.6 Å². The summed E-state index contributed by atoms with van der Waals surface area (Å²) in [5, 5.41) is 2.96. The number of nitrogens with zero attached hydrogens (tertiary/aromatic N) is 1. The first-order chi connectivity index (χ1) is 10.9. The zero-order chi connectivity index (χ0) is 17.0. The van der Waals surface area contributed by atoms with Crippen LogP contribution in [0.15, 0.2) is 36.5 Å². The average Bonchev–Trinajstić information content (AvgIpc) is 2.48. The van der Waals surface area contributed by atoms with Gasteiger partial charge in [0.05, 0.1) is 5.56 Å². The molecule has 23 heavy (non-hydrogen) atoms. The van der Waals surface area contributed by atoms with Crippen molar-refractivity contribution in [2.75, 3.05) is 5.32 Å². The lowest BCUT2D eigenvalue weighted by molar-refractivity contribution is 0.102. The molecule has 0 saturated carbocycles. The summed E-state index contributed by atoms with van der Waals surface area (Å²) in [5.41, 5.74) is 1.68. The number of anilines is 1. The number of halogens is 2. The highest BCUT2D eigenvalue weighted by Gasteiger charge is 2.17. The van der Waals surface area contributed by atoms with Gasteiger partial charge in [-0.25, -0.2) is 9.37 Å². The molecule has 2 rings (SSSR count). The van der Waals surface area contributed by atoms with E-state index in [1.165, 1.54) is 18.3 Å². The monoisotopic (exact) mass is 334 g/mol. The van der Waals surface area contributed by atoms with E-state index >= 15 is 0 Å². The number of pyridine rings is 1. The molecule has 0 radical (unpaired) electrons. The first-order valence-corrected chi connectivity index (χ1v) is 7.97. The van der Waals surface area contributed by atoms with Gasteiger partial charge in [0.25, 0.3) is 5.91 Å². The SMILES string of the molecule is CC(C)CC(C)c1cc(F)ccc1NC(=O)c1cccnc1Cl. The van der Waals surface area contributed by atoms with Crippen molar-refractivity contribution >= 4 is 23.2 Å². The lowest BCUT2D eigenvalue weighted by Crippen LogP contribution is -2.15. The molecule has 1 unspecified atom stereocenters. The van der Waals surface area contributed by atoms with E-state index in [0.29, 0.717) is 17.2 Å². The number of carbonyl (C=O) groups excluding carboxylic acids is 1. The Morgan fingerprint density at radius 3 is 2.70 bits per heavy atom. The molecule has 0 fully saturated rings. The van der Waals surface area contributed by atoms with Gasteiger partial charge in [0.1, 0.15) is 11.0 Å². The van der Waals surface area contributed by atoms with Crippen LogP contribution in [-0.2, 0) is 0 Å². The third-order valence-electron chi connectivity index (χ3n) is 3.62. The molecule has 1 atom stereocenters. The summed E-state index contributed by atoms with van der Waals surface area (Å²) in [6.45, 7) is 6.26. The van der Waals surface area contributed by atoms with E-state index in [0.717, 1.165) is 12.0 Å². The van der Waals surface area contributed by atoms with E-state index in [1.54, 1.807) is 18.2 Å². The van der Waals surface area contributed by atoms with E-state index < -0.39 is 0 Å². The van der Waals surface area contributed by atoms with Crippen molar-refractivity contribution in [3.8, 4) is 0 Å². The molecule has 0 aliphatic carbocycles. The van der Waals surface area contributed by atoms with Crippen LogP contribution in [0.25, 0.3) is 0 Å². The Morgan fingerprint density at radius 2 is 2.04 bits per heavy atom. The lowest BCUT2D eigenvalue weighted by Gasteiger charge is -2.19. The van der Waals surface area contributed by atoms with Gasteiger partial charge in [-0.05, 0) is 54.2 Å². The van der Waals surface area contributed by atoms with Gasteiger partial charge in [0.15, 0.2) is 0 Å². The van der Waals surface area contributed by atoms with Crippen LogP contribution >= 0.6 is 11.6 Å². The number of hydrogen-bond acceptors (Lipinski definition) is 2. The van der Waals surface area contributed by atoms with Gasteiger partial charge in [-0.1, -0.05) is 32.4 Å². The summed E-state index contributed by atoms with van der Waals surface area (Å²) in [5.74, 6) is -0.0596. The number of benzene rings is 1. The minimum absolute atomic E-state index is 0.130. The highest BCUT2D eigenvalue weighted by Crippen LogP contribution is 2.30. The topological polar surface area (TPSA) is 42.0 Å². The normalized spacial score (nSPS) is 12.3. The number of rotatable bonds is 5. The summed E-state index contributed by atoms with van der Waals surface area (Å²) in [4.78, 5) is 16.3. The Morgan fingerprint density at radius 1 is 1.30 bits per heavy atom. The smallest absolute Gasteiger partial charge is 0.258 e. The maximum absolute atomic E-state index is 13.6. The molecule has 0 aliphatic rings. The number of amides is 1. The van der Waals surface area contributed by atoms with Gasteiger partial charge in [0.2, 0.25) is 0 Å². The second-order valence-electron chi connectivity index (χ2n) is 6.06. The number of nitrogens with one attached hydrogen (secondary N) is 1. The van der Waals surface area contributed by atoms with Crippen LogP contribution in [0.2, 0.25) is 5.15 Å². The Hall–Kier alpha value is -1.94. The molecule has 0 aliphatic heterocycles. The van der Waals surface area contributed by atoms with Crippen molar-refractivity contribution in [2.24, 2.45) is 5.92 Å². The van der Waals surface area contributed by atoms with Gasteiger partial charge < -0.3 is 5.32 Å². The zero-order valence-electron chi connectivity index (χ0n) is 13.4. The van der Waals surface area contributed by atoms with Crippen LogP contribution in [0.4, 0.5) is 10.1 Å². The van der Waals surface area contributed by atoms with E-state index in [9.17, 15) is 9.18 Å². The molecule has 0 spiro atoms. The number of hydrogen-bond donors (Lipinski definition) is 1. The summed E-state index contributed by atoms with van der Waals surface area (Å²) in [6, 6.07) is 7.66. The Bertz CT molecular complexity index is 703. The van der Waals surface area contributed by atoms with Crippen LogP contribution in [0.3, 0.4) is 0 Å². The molecule has 5 heteroatoms. The van der Waals surface area contributed by atoms with Gasteiger partial charge in [-0.15, -0.1) is 0 Å². The summed E-state index contributed by atoms with van der Waals surface area (Å²) < 4.78 is 13.6. The molecule has 1 heterocycles. The fourth-order valence-corrected chi connectivity index (χ4v) is 2.84. The Labute approximate surface area is 140 Å². The molecule has 2 aromatic rings. The molecular weight excluding hydrogens is 315 g/mol. The predicted octanol–water partition coefficient (Wildman–Crippen LogP) is 5.28. The first kappa shape index (κ1) is 17.4. The van der Waals surface area contributed by atoms with E-state index in [1.807, 2.05) is 6.92 Å². The molecule has 3 nitrogen and oxygen atoms in total. The summed E-state index contributed by atoms with van der Waals surface area (Å²) >= 11 is 5.95. The maximum Gasteiger partial charge on any atom is 0.258 e. The van der Waals surface area contributed by atoms with Crippen molar-refractivity contribution in [3.63, 3.8) is 0 Å². The van der Waals surface area contributed by atoms with Crippen LogP contribution < -0.4 is 5.32 Å². The molecule has 1 aromatic carbocycles. The molecule has 122 valence electrons. The highest BCUT2D eigenvalue weighted by molar-refractivity contribution is 6.33. The van der Waals surface area contributed by atoms with Crippen LogP contribution in [-0.4, -0.2) is 10.9 Å². The Kier molecular flexibility index (Phi) is 5.72. The highest BCUT2D eigenvalue weighted by atomic mass is 35.5. The van der Waals surface area contributed by atoms with E-state index in [2.05, 4.69) is 24.1 Å². The van der Waals surface area contributed by atoms with Crippen LogP contribution in [0.1, 0.15) is 49.0 Å². The second-order valence-corrected chi connectivity index (χ2v) is 6.42. The van der Waals surface area contributed by atoms with Gasteiger partial charge in [0, 0.05) is 11.9 Å². The van der Waals surface area contributed by atoms with Crippen molar-refractivity contribution in [2.45, 2.75) is 33.1 Å². The third-order valence-corrected chi connectivity index (χ3v) is 3.92. The molecular formula is C18H20ClFN2O. The fourth-order valence-electron chi connectivity index (χ4n) is 2.63. The summed E-state index contributed by atoms with van der Waals surface area (Å²) in [7, 11) is 0. The summed E-state index contributed by atoms with van der Waals surface area (Å²) in [6.07, 6.45) is 2.42. The van der Waals surface area contributed by atoms with Crippen molar-refractivity contribution < 1.29 is 9.18 Å². The average molecular weight is 335 g/mol. The lowest BCUT2D eigenvalue weighted by atomic mass is 9.90. The molecule has 1 amide bonds. The standard InChI is InChI=1S/C18H20ClFN2O/c1-11(2)9-12(3)15-10-13(20)6-7-16(15)22-18(23)14-5-4-8-21-17(14)19/h4-8,10-12H,9H2,1-3H3,(H,22,23). The number of carbonyl (C=O) groups is 1. The molecule has 0 bridgehead atoms. The minimum Gasteiger partial charge on any atom is -0.322 e. The third kappa shape index (κ3) is 4.52. The van der Waals surface area contributed by atoms with E-state index in [-0.39, 0.29) is 22.8 Å². The van der Waals surface area contributed by atoms with Crippen molar-refractivity contribution in [1.29, 1.82) is 0 Å². The quantitative estimate of drug-likeness (QED) is 0.756. The maximum atomic E-state index is 13.6. The predicted molar refractivity (Wildman–Crippen MR) is 91.5 cm³/mol. The van der Waals surface area contributed by atoms with Crippen LogP contribution in [0.5, 0.6) is 0 Å². The van der Waals surface area contributed by atoms with Gasteiger partial charge >= 0.3 is 0 Å². The van der Waals surface area contributed by atoms with E-state index in [4.69, 9.17) is 11.6 Å². The largest absolute Gasteiger partial charge is 0.322 e. The minimum atomic E-state index is -0.354. The van der Waals surface area contributed by atoms with Crippen molar-refractivity contribution in [1.82, 2.24) is 4.98 Å². The molecule has 1 aromatic heterocycles. The first-order valence-electron chi connectivity index (χ1n) is 7.59. The Balaban J connectivity index is 2.29. The number of aromatic nitrogens is 1. The molecule has 1 N–H and O–H groups in total. The zero-order valence-corrected chi connectivity index (χ0v) is 14.2. The van der Waals surface area contributed by atoms with Gasteiger partial charge in [-0.2, -0.15) is 0 Å². The van der Waals surface area contributed by atoms with Gasteiger partial charge in [-0.3, -0.25) is 4.79 Å². The second kappa shape index (κ2) is 7.55.